The molecule has 70 valence electrons. The lowest BCUT2D eigenvalue weighted by Gasteiger charge is -2.01. The maximum Gasteiger partial charge on any atom is 0.163 e. The van der Waals surface area contributed by atoms with Crippen molar-refractivity contribution in [3.8, 4) is 5.82 Å². The minimum absolute atomic E-state index is 0.538. The molecule has 0 N–H and O–H groups in total. The molecule has 0 aromatic carbocycles. The largest absolute Gasteiger partial charge is 0.298 e. The van der Waals surface area contributed by atoms with Crippen LogP contribution in [0.25, 0.3) is 5.82 Å². The van der Waals surface area contributed by atoms with Crippen LogP contribution in [0.3, 0.4) is 0 Å². The maximum absolute atomic E-state index is 10.7. The minimum Gasteiger partial charge on any atom is -0.298 e. The van der Waals surface area contributed by atoms with E-state index in [1.165, 1.54) is 0 Å². The monoisotopic (exact) mass is 187 g/mol. The average molecular weight is 187 g/mol. The Labute approximate surface area is 81.2 Å². The number of aldehydes is 1. The zero-order chi connectivity index (χ0) is 9.97. The van der Waals surface area contributed by atoms with E-state index in [9.17, 15) is 4.79 Å². The lowest BCUT2D eigenvalue weighted by molar-refractivity contribution is 0.112. The van der Waals surface area contributed by atoms with Crippen molar-refractivity contribution < 1.29 is 4.79 Å². The van der Waals surface area contributed by atoms with E-state index in [4.69, 9.17) is 0 Å². The van der Waals surface area contributed by atoms with Gasteiger partial charge in [-0.1, -0.05) is 0 Å². The summed E-state index contributed by atoms with van der Waals surface area (Å²) in [5, 5.41) is 4.18. The van der Waals surface area contributed by atoms with E-state index >= 15 is 0 Å². The molecule has 0 radical (unpaired) electrons. The van der Waals surface area contributed by atoms with Gasteiger partial charge in [-0.15, -0.1) is 0 Å². The molecule has 0 aliphatic rings. The smallest absolute Gasteiger partial charge is 0.163 e. The number of hydrogen-bond donors (Lipinski definition) is 0. The fourth-order valence-electron chi connectivity index (χ4n) is 1.23. The number of pyridine rings is 1. The average Bonchev–Trinajstić information content (AvgIpc) is 2.65. The fraction of sp³-hybridized carbons (Fsp3) is 0.100. The Hall–Kier alpha value is -1.97. The SMILES string of the molecule is Cc1ccn(-c2ncccc2C=O)n1. The topological polar surface area (TPSA) is 47.8 Å². The molecule has 14 heavy (non-hydrogen) atoms. The highest BCUT2D eigenvalue weighted by molar-refractivity contribution is 5.79. The van der Waals surface area contributed by atoms with E-state index < -0.39 is 0 Å². The van der Waals surface area contributed by atoms with Crippen molar-refractivity contribution in [1.29, 1.82) is 0 Å². The lowest BCUT2D eigenvalue weighted by Crippen LogP contribution is -2.02. The highest BCUT2D eigenvalue weighted by atomic mass is 16.1. The fourth-order valence-corrected chi connectivity index (χ4v) is 1.23. The zero-order valence-corrected chi connectivity index (χ0v) is 7.71. The third kappa shape index (κ3) is 1.42. The predicted molar refractivity (Wildman–Crippen MR) is 51.5 cm³/mol. The van der Waals surface area contributed by atoms with E-state index in [1.807, 2.05) is 13.0 Å². The molecule has 0 spiro atoms. The van der Waals surface area contributed by atoms with Crippen molar-refractivity contribution in [2.24, 2.45) is 0 Å². The van der Waals surface area contributed by atoms with Gasteiger partial charge < -0.3 is 0 Å². The molecule has 2 aromatic rings. The summed E-state index contributed by atoms with van der Waals surface area (Å²) in [5.41, 5.74) is 1.43. The maximum atomic E-state index is 10.7. The van der Waals surface area contributed by atoms with Crippen LogP contribution in [-0.2, 0) is 0 Å². The Bertz CT molecular complexity index is 462. The molecular weight excluding hydrogens is 178 g/mol. The second-order valence-corrected chi connectivity index (χ2v) is 2.94. The van der Waals surface area contributed by atoms with Gasteiger partial charge in [-0.3, -0.25) is 4.79 Å². The first-order valence-electron chi connectivity index (χ1n) is 4.24. The molecule has 0 amide bonds. The van der Waals surface area contributed by atoms with Gasteiger partial charge >= 0.3 is 0 Å². The normalized spacial score (nSPS) is 10.1. The molecule has 4 nitrogen and oxygen atoms in total. The highest BCUT2D eigenvalue weighted by Gasteiger charge is 2.04. The van der Waals surface area contributed by atoms with Crippen molar-refractivity contribution in [2.75, 3.05) is 0 Å². The highest BCUT2D eigenvalue weighted by Crippen LogP contribution is 2.08. The molecule has 0 saturated heterocycles. The van der Waals surface area contributed by atoms with Crippen LogP contribution in [0, 0.1) is 6.92 Å². The van der Waals surface area contributed by atoms with Crippen molar-refractivity contribution in [3.63, 3.8) is 0 Å². The van der Waals surface area contributed by atoms with Gasteiger partial charge in [0.05, 0.1) is 11.3 Å². The summed E-state index contributed by atoms with van der Waals surface area (Å²) in [6.07, 6.45) is 4.20. The van der Waals surface area contributed by atoms with Crippen molar-refractivity contribution in [3.05, 3.63) is 41.9 Å². The minimum atomic E-state index is 0.538. The van der Waals surface area contributed by atoms with Crippen molar-refractivity contribution >= 4 is 6.29 Å². The first-order chi connectivity index (χ1) is 6.81. The molecule has 2 rings (SSSR count). The standard InChI is InChI=1S/C10H9N3O/c1-8-4-6-13(12-8)10-9(7-14)3-2-5-11-10/h2-7H,1H3. The molecule has 0 bridgehead atoms. The summed E-state index contributed by atoms with van der Waals surface area (Å²) >= 11 is 0. The van der Waals surface area contributed by atoms with Crippen LogP contribution >= 0.6 is 0 Å². The Kier molecular flexibility index (Phi) is 2.10. The summed E-state index contributed by atoms with van der Waals surface area (Å²) in [5.74, 6) is 0.565. The van der Waals surface area contributed by atoms with E-state index in [0.29, 0.717) is 11.4 Å². The van der Waals surface area contributed by atoms with Crippen LogP contribution in [0.4, 0.5) is 0 Å². The van der Waals surface area contributed by atoms with Crippen LogP contribution in [0.5, 0.6) is 0 Å². The zero-order valence-electron chi connectivity index (χ0n) is 7.71. The first kappa shape index (κ1) is 8.62. The van der Waals surface area contributed by atoms with E-state index in [-0.39, 0.29) is 0 Å². The summed E-state index contributed by atoms with van der Waals surface area (Å²) in [6.45, 7) is 1.89. The molecule has 0 unspecified atom stereocenters. The number of rotatable bonds is 2. The van der Waals surface area contributed by atoms with Crippen LogP contribution in [0.1, 0.15) is 16.1 Å². The quantitative estimate of drug-likeness (QED) is 0.667. The van der Waals surface area contributed by atoms with Crippen molar-refractivity contribution in [2.45, 2.75) is 6.92 Å². The number of carbonyl (C=O) groups is 1. The number of aryl methyl sites for hydroxylation is 1. The Morgan fingerprint density at radius 1 is 1.43 bits per heavy atom. The number of hydrogen-bond acceptors (Lipinski definition) is 3. The first-order valence-corrected chi connectivity index (χ1v) is 4.24. The molecular formula is C10H9N3O. The van der Waals surface area contributed by atoms with Gasteiger partial charge in [-0.25, -0.2) is 9.67 Å². The molecule has 0 fully saturated rings. The summed E-state index contributed by atoms with van der Waals surface area (Å²) in [6, 6.07) is 5.30. The Morgan fingerprint density at radius 2 is 2.29 bits per heavy atom. The molecule has 0 saturated carbocycles. The third-order valence-corrected chi connectivity index (χ3v) is 1.88. The predicted octanol–water partition coefficient (Wildman–Crippen LogP) is 1.39. The molecule has 2 heterocycles. The van der Waals surface area contributed by atoms with Gasteiger partial charge in [-0.2, -0.15) is 5.10 Å². The van der Waals surface area contributed by atoms with E-state index in [1.54, 1.807) is 29.2 Å². The summed E-state index contributed by atoms with van der Waals surface area (Å²) in [4.78, 5) is 14.8. The van der Waals surface area contributed by atoms with Gasteiger partial charge in [0.2, 0.25) is 0 Å². The molecule has 2 aromatic heterocycles. The molecule has 4 heteroatoms. The van der Waals surface area contributed by atoms with E-state index in [0.717, 1.165) is 12.0 Å². The van der Waals surface area contributed by atoms with Gasteiger partial charge in [0.25, 0.3) is 0 Å². The van der Waals surface area contributed by atoms with Crippen LogP contribution in [0.2, 0.25) is 0 Å². The summed E-state index contributed by atoms with van der Waals surface area (Å²) < 4.78 is 1.60. The number of aromatic nitrogens is 3. The van der Waals surface area contributed by atoms with Gasteiger partial charge in [0, 0.05) is 12.4 Å². The van der Waals surface area contributed by atoms with Gasteiger partial charge in [0.1, 0.15) is 0 Å². The van der Waals surface area contributed by atoms with Crippen LogP contribution in [0.15, 0.2) is 30.6 Å². The lowest BCUT2D eigenvalue weighted by atomic mass is 10.3. The second kappa shape index (κ2) is 3.41. The Morgan fingerprint density at radius 3 is 2.93 bits per heavy atom. The number of carbonyl (C=O) groups excluding carboxylic acids is 1. The second-order valence-electron chi connectivity index (χ2n) is 2.94. The Balaban J connectivity index is 2.55. The van der Waals surface area contributed by atoms with Gasteiger partial charge in [0.15, 0.2) is 12.1 Å². The number of nitrogens with zero attached hydrogens (tertiary/aromatic N) is 3. The van der Waals surface area contributed by atoms with Crippen molar-refractivity contribution in [1.82, 2.24) is 14.8 Å². The third-order valence-electron chi connectivity index (χ3n) is 1.88. The van der Waals surface area contributed by atoms with E-state index in [2.05, 4.69) is 10.1 Å². The van der Waals surface area contributed by atoms with Crippen LogP contribution < -0.4 is 0 Å². The van der Waals surface area contributed by atoms with Crippen LogP contribution in [-0.4, -0.2) is 21.1 Å². The van der Waals surface area contributed by atoms with Gasteiger partial charge in [-0.05, 0) is 25.1 Å². The molecule has 0 atom stereocenters. The molecule has 0 aliphatic carbocycles. The summed E-state index contributed by atoms with van der Waals surface area (Å²) in [7, 11) is 0. The molecule has 0 aliphatic heterocycles.